The predicted molar refractivity (Wildman–Crippen MR) is 101 cm³/mol. The zero-order chi connectivity index (χ0) is 17.2. The molecule has 1 N–H and O–H groups in total. The van der Waals surface area contributed by atoms with Crippen LogP contribution in [0.4, 0.5) is 0 Å². The quantitative estimate of drug-likeness (QED) is 0.719. The maximum absolute atomic E-state index is 6.07. The molecule has 1 fully saturated rings. The molecule has 4 nitrogen and oxygen atoms in total. The Balaban J connectivity index is 1.44. The van der Waals surface area contributed by atoms with Crippen LogP contribution in [-0.2, 0) is 12.8 Å². The van der Waals surface area contributed by atoms with Gasteiger partial charge in [0.1, 0.15) is 11.5 Å². The standard InChI is InChI=1S/C20H23ClN4/c1-13-2-4-14(5-3-13)7-19-22-9-15(10-23-19)6-16-11-24-20-18(16)8-17(21)12-25-20/h8-14H,2-7H2,1H3,(H,24,25). The molecule has 130 valence electrons. The number of H-pyrrole nitrogens is 1. The van der Waals surface area contributed by atoms with Crippen molar-refractivity contribution in [3.8, 4) is 0 Å². The minimum Gasteiger partial charge on any atom is -0.346 e. The van der Waals surface area contributed by atoms with E-state index >= 15 is 0 Å². The van der Waals surface area contributed by atoms with Crippen LogP contribution in [0.1, 0.15) is 49.6 Å². The summed E-state index contributed by atoms with van der Waals surface area (Å²) < 4.78 is 0. The number of fused-ring (bicyclic) bond motifs is 1. The molecule has 25 heavy (non-hydrogen) atoms. The normalized spacial score (nSPS) is 20.9. The van der Waals surface area contributed by atoms with Crippen molar-refractivity contribution in [1.82, 2.24) is 19.9 Å². The zero-order valence-corrected chi connectivity index (χ0v) is 15.3. The zero-order valence-electron chi connectivity index (χ0n) is 14.5. The highest BCUT2D eigenvalue weighted by atomic mass is 35.5. The van der Waals surface area contributed by atoms with Crippen molar-refractivity contribution in [3.63, 3.8) is 0 Å². The Morgan fingerprint density at radius 2 is 1.84 bits per heavy atom. The highest BCUT2D eigenvalue weighted by Crippen LogP contribution is 2.30. The van der Waals surface area contributed by atoms with Crippen LogP contribution in [0.25, 0.3) is 11.0 Å². The van der Waals surface area contributed by atoms with E-state index in [0.29, 0.717) is 5.02 Å². The first-order chi connectivity index (χ1) is 12.2. The van der Waals surface area contributed by atoms with Crippen LogP contribution in [0.2, 0.25) is 5.02 Å². The topological polar surface area (TPSA) is 54.5 Å². The molecule has 0 amide bonds. The molecule has 0 spiro atoms. The number of halogens is 1. The summed E-state index contributed by atoms with van der Waals surface area (Å²) in [4.78, 5) is 16.7. The van der Waals surface area contributed by atoms with Gasteiger partial charge in [0, 0.05) is 43.0 Å². The van der Waals surface area contributed by atoms with Crippen LogP contribution in [0.5, 0.6) is 0 Å². The Bertz CT molecular complexity index is 848. The molecule has 0 aliphatic heterocycles. The number of pyridine rings is 1. The van der Waals surface area contributed by atoms with Crippen LogP contribution in [0, 0.1) is 11.8 Å². The van der Waals surface area contributed by atoms with Gasteiger partial charge in [-0.3, -0.25) is 0 Å². The highest BCUT2D eigenvalue weighted by Gasteiger charge is 2.19. The summed E-state index contributed by atoms with van der Waals surface area (Å²) in [6, 6.07) is 1.95. The third-order valence-corrected chi connectivity index (χ3v) is 5.55. The van der Waals surface area contributed by atoms with Crippen LogP contribution < -0.4 is 0 Å². The second-order valence-corrected chi connectivity index (χ2v) is 7.81. The number of nitrogens with one attached hydrogen (secondary N) is 1. The molecule has 3 aromatic heterocycles. The van der Waals surface area contributed by atoms with Crippen LogP contribution in [0.15, 0.2) is 30.9 Å². The second kappa shape index (κ2) is 7.12. The van der Waals surface area contributed by atoms with Gasteiger partial charge < -0.3 is 4.98 Å². The Kier molecular flexibility index (Phi) is 4.71. The molecule has 4 rings (SSSR count). The fourth-order valence-corrected chi connectivity index (χ4v) is 3.93. The first-order valence-electron chi connectivity index (χ1n) is 9.08. The molecule has 1 aliphatic carbocycles. The third kappa shape index (κ3) is 3.84. The van der Waals surface area contributed by atoms with Crippen molar-refractivity contribution in [3.05, 3.63) is 52.8 Å². The molecule has 0 aromatic carbocycles. The van der Waals surface area contributed by atoms with Gasteiger partial charge in [-0.2, -0.15) is 0 Å². The van der Waals surface area contributed by atoms with E-state index < -0.39 is 0 Å². The van der Waals surface area contributed by atoms with Crippen LogP contribution in [0.3, 0.4) is 0 Å². The molecule has 3 heterocycles. The summed E-state index contributed by atoms with van der Waals surface area (Å²) in [6.45, 7) is 2.36. The smallest absolute Gasteiger partial charge is 0.137 e. The Labute approximate surface area is 153 Å². The van der Waals surface area contributed by atoms with Crippen molar-refractivity contribution >= 4 is 22.6 Å². The van der Waals surface area contributed by atoms with E-state index in [1.54, 1.807) is 6.20 Å². The Morgan fingerprint density at radius 1 is 1.08 bits per heavy atom. The number of aromatic nitrogens is 4. The van der Waals surface area contributed by atoms with E-state index in [0.717, 1.165) is 47.1 Å². The van der Waals surface area contributed by atoms with Crippen molar-refractivity contribution in [2.45, 2.75) is 45.4 Å². The van der Waals surface area contributed by atoms with Crippen molar-refractivity contribution in [2.75, 3.05) is 0 Å². The molecular weight excluding hydrogens is 332 g/mol. The van der Waals surface area contributed by atoms with E-state index in [-0.39, 0.29) is 0 Å². The second-order valence-electron chi connectivity index (χ2n) is 7.38. The molecule has 0 radical (unpaired) electrons. The van der Waals surface area contributed by atoms with Crippen LogP contribution >= 0.6 is 11.6 Å². The number of rotatable bonds is 4. The lowest BCUT2D eigenvalue weighted by atomic mass is 9.81. The van der Waals surface area contributed by atoms with E-state index in [1.807, 2.05) is 24.7 Å². The molecule has 1 aliphatic rings. The summed E-state index contributed by atoms with van der Waals surface area (Å²) in [5, 5.41) is 1.72. The first-order valence-corrected chi connectivity index (χ1v) is 9.46. The lowest BCUT2D eigenvalue weighted by Crippen LogP contribution is -2.15. The minimum atomic E-state index is 0.654. The van der Waals surface area contributed by atoms with Gasteiger partial charge in [0.2, 0.25) is 0 Å². The van der Waals surface area contributed by atoms with Gasteiger partial charge in [0.15, 0.2) is 0 Å². The van der Waals surface area contributed by atoms with Crippen molar-refractivity contribution in [2.24, 2.45) is 11.8 Å². The summed E-state index contributed by atoms with van der Waals surface area (Å²) in [6.07, 6.45) is 14.7. The summed E-state index contributed by atoms with van der Waals surface area (Å²) >= 11 is 6.07. The molecule has 3 aromatic rings. The monoisotopic (exact) mass is 354 g/mol. The van der Waals surface area contributed by atoms with E-state index in [4.69, 9.17) is 11.6 Å². The summed E-state index contributed by atoms with van der Waals surface area (Å²) in [7, 11) is 0. The molecule has 0 saturated heterocycles. The first kappa shape index (κ1) is 16.5. The molecule has 0 atom stereocenters. The average Bonchev–Trinajstić information content (AvgIpc) is 3.01. The average molecular weight is 355 g/mol. The van der Waals surface area contributed by atoms with E-state index in [2.05, 4.69) is 26.9 Å². The van der Waals surface area contributed by atoms with Gasteiger partial charge in [0.25, 0.3) is 0 Å². The minimum absolute atomic E-state index is 0.654. The number of hydrogen-bond acceptors (Lipinski definition) is 3. The van der Waals surface area contributed by atoms with E-state index in [9.17, 15) is 0 Å². The molecule has 1 saturated carbocycles. The van der Waals surface area contributed by atoms with Gasteiger partial charge in [0.05, 0.1) is 5.02 Å². The lowest BCUT2D eigenvalue weighted by Gasteiger charge is -2.25. The number of nitrogens with zero attached hydrogens (tertiary/aromatic N) is 3. The van der Waals surface area contributed by atoms with Gasteiger partial charge in [-0.25, -0.2) is 15.0 Å². The van der Waals surface area contributed by atoms with E-state index in [1.165, 1.54) is 31.2 Å². The predicted octanol–water partition coefficient (Wildman–Crippen LogP) is 4.97. The largest absolute Gasteiger partial charge is 0.346 e. The maximum atomic E-state index is 6.07. The van der Waals surface area contributed by atoms with Gasteiger partial charge in [-0.15, -0.1) is 0 Å². The van der Waals surface area contributed by atoms with Crippen molar-refractivity contribution in [1.29, 1.82) is 0 Å². The Hall–Kier alpha value is -1.94. The molecule has 5 heteroatoms. The lowest BCUT2D eigenvalue weighted by molar-refractivity contribution is 0.286. The fraction of sp³-hybridized carbons (Fsp3) is 0.450. The Morgan fingerprint density at radius 3 is 2.60 bits per heavy atom. The number of hydrogen-bond donors (Lipinski definition) is 1. The van der Waals surface area contributed by atoms with Crippen LogP contribution in [-0.4, -0.2) is 19.9 Å². The molecular formula is C20H23ClN4. The molecule has 0 bridgehead atoms. The van der Waals surface area contributed by atoms with Gasteiger partial charge >= 0.3 is 0 Å². The van der Waals surface area contributed by atoms with Gasteiger partial charge in [-0.1, -0.05) is 31.4 Å². The highest BCUT2D eigenvalue weighted by molar-refractivity contribution is 6.31. The summed E-state index contributed by atoms with van der Waals surface area (Å²) in [5.74, 6) is 2.62. The maximum Gasteiger partial charge on any atom is 0.137 e. The van der Waals surface area contributed by atoms with Gasteiger partial charge in [-0.05, 0) is 41.9 Å². The molecule has 0 unspecified atom stereocenters. The number of aromatic amines is 1. The SMILES string of the molecule is CC1CCC(Cc2ncc(Cc3c[nH]c4ncc(Cl)cc34)cn2)CC1. The summed E-state index contributed by atoms with van der Waals surface area (Å²) in [5.41, 5.74) is 3.15. The third-order valence-electron chi connectivity index (χ3n) is 5.34. The van der Waals surface area contributed by atoms with Crippen molar-refractivity contribution < 1.29 is 0 Å². The fourth-order valence-electron chi connectivity index (χ4n) is 3.77.